The van der Waals surface area contributed by atoms with E-state index in [-0.39, 0.29) is 11.3 Å². The first-order valence-corrected chi connectivity index (χ1v) is 6.95. The third kappa shape index (κ3) is 4.23. The summed E-state index contributed by atoms with van der Waals surface area (Å²) in [5.41, 5.74) is 0.250. The van der Waals surface area contributed by atoms with Gasteiger partial charge in [0.05, 0.1) is 18.4 Å². The lowest BCUT2D eigenvalue weighted by atomic mass is 10.1. The molecule has 0 radical (unpaired) electrons. The highest BCUT2D eigenvalue weighted by Gasteiger charge is 2.18. The van der Waals surface area contributed by atoms with Gasteiger partial charge in [-0.1, -0.05) is 18.2 Å². The number of nitrogens with one attached hydrogen (secondary N) is 1. The lowest BCUT2D eigenvalue weighted by Gasteiger charge is -2.16. The molecule has 1 amide bonds. The minimum Gasteiger partial charge on any atom is -0.497 e. The van der Waals surface area contributed by atoms with E-state index in [4.69, 9.17) is 14.6 Å². The number of carbonyl (C=O) groups excluding carboxylic acids is 1. The van der Waals surface area contributed by atoms with Gasteiger partial charge in [-0.3, -0.25) is 4.79 Å². The number of carboxylic acid groups (broad SMARTS) is 1. The molecule has 0 heterocycles. The van der Waals surface area contributed by atoms with Crippen molar-refractivity contribution in [1.82, 2.24) is 0 Å². The Bertz CT molecular complexity index is 714. The molecule has 6 heteroatoms. The van der Waals surface area contributed by atoms with Gasteiger partial charge in [0, 0.05) is 6.07 Å². The zero-order valence-corrected chi connectivity index (χ0v) is 12.8. The second-order valence-corrected chi connectivity index (χ2v) is 4.78. The molecule has 0 saturated heterocycles. The molecule has 2 aromatic rings. The quantitative estimate of drug-likeness (QED) is 0.856. The van der Waals surface area contributed by atoms with Gasteiger partial charge in [-0.15, -0.1) is 0 Å². The molecular weight excluding hydrogens is 298 g/mol. The van der Waals surface area contributed by atoms with Crippen molar-refractivity contribution < 1.29 is 24.2 Å². The van der Waals surface area contributed by atoms with E-state index < -0.39 is 18.0 Å². The van der Waals surface area contributed by atoms with Crippen LogP contribution in [0.5, 0.6) is 11.5 Å². The fourth-order valence-electron chi connectivity index (χ4n) is 1.95. The third-order valence-electron chi connectivity index (χ3n) is 3.14. The van der Waals surface area contributed by atoms with Gasteiger partial charge < -0.3 is 19.9 Å². The average Bonchev–Trinajstić information content (AvgIpc) is 2.55. The third-order valence-corrected chi connectivity index (χ3v) is 3.14. The van der Waals surface area contributed by atoms with Crippen LogP contribution in [-0.4, -0.2) is 30.2 Å². The molecule has 0 bridgehead atoms. The van der Waals surface area contributed by atoms with Crippen molar-refractivity contribution in [3.8, 4) is 11.5 Å². The van der Waals surface area contributed by atoms with Crippen molar-refractivity contribution in [1.29, 1.82) is 0 Å². The fourth-order valence-corrected chi connectivity index (χ4v) is 1.95. The maximum absolute atomic E-state index is 12.2. The number of carboxylic acids is 1. The average molecular weight is 315 g/mol. The molecule has 0 aliphatic rings. The normalized spacial score (nSPS) is 11.4. The number of ether oxygens (including phenoxy) is 2. The van der Waals surface area contributed by atoms with Crippen LogP contribution in [0.1, 0.15) is 17.3 Å². The summed E-state index contributed by atoms with van der Waals surface area (Å²) in [6.45, 7) is 1.58. The van der Waals surface area contributed by atoms with Crippen molar-refractivity contribution in [2.75, 3.05) is 12.4 Å². The van der Waals surface area contributed by atoms with E-state index in [1.165, 1.54) is 19.2 Å². The Hall–Kier alpha value is -3.02. The van der Waals surface area contributed by atoms with Crippen molar-refractivity contribution in [2.24, 2.45) is 0 Å². The Kier molecular flexibility index (Phi) is 5.19. The number of hydrogen-bond donors (Lipinski definition) is 2. The highest BCUT2D eigenvalue weighted by Crippen LogP contribution is 2.21. The van der Waals surface area contributed by atoms with Gasteiger partial charge in [0.1, 0.15) is 11.5 Å². The zero-order chi connectivity index (χ0) is 16.8. The summed E-state index contributed by atoms with van der Waals surface area (Å²) in [6.07, 6.45) is -0.802. The Morgan fingerprint density at radius 2 is 1.78 bits per heavy atom. The minimum absolute atomic E-state index is 0.0226. The van der Waals surface area contributed by atoms with Crippen molar-refractivity contribution in [3.63, 3.8) is 0 Å². The summed E-state index contributed by atoms with van der Waals surface area (Å²) in [6, 6.07) is 13.1. The van der Waals surface area contributed by atoms with Gasteiger partial charge in [-0.05, 0) is 31.2 Å². The number of amides is 1. The van der Waals surface area contributed by atoms with Crippen LogP contribution in [0.3, 0.4) is 0 Å². The van der Waals surface area contributed by atoms with Crippen LogP contribution in [0, 0.1) is 0 Å². The van der Waals surface area contributed by atoms with Crippen molar-refractivity contribution >= 4 is 17.6 Å². The maximum Gasteiger partial charge on any atom is 0.337 e. The second-order valence-electron chi connectivity index (χ2n) is 4.78. The summed E-state index contributed by atoms with van der Waals surface area (Å²) in [4.78, 5) is 23.3. The fraction of sp³-hybridized carbons (Fsp3) is 0.176. The number of para-hydroxylation sites is 1. The molecule has 0 fully saturated rings. The first-order chi connectivity index (χ1) is 11.0. The first kappa shape index (κ1) is 16.4. The molecule has 23 heavy (non-hydrogen) atoms. The zero-order valence-electron chi connectivity index (χ0n) is 12.8. The summed E-state index contributed by atoms with van der Waals surface area (Å²) >= 11 is 0. The molecular formula is C17H17NO5. The van der Waals surface area contributed by atoms with E-state index in [0.717, 1.165) is 0 Å². The topological polar surface area (TPSA) is 84.9 Å². The van der Waals surface area contributed by atoms with Crippen LogP contribution in [0.4, 0.5) is 5.69 Å². The highest BCUT2D eigenvalue weighted by molar-refractivity contribution is 6.01. The highest BCUT2D eigenvalue weighted by atomic mass is 16.5. The number of carbonyl (C=O) groups is 2. The summed E-state index contributed by atoms with van der Waals surface area (Å²) < 4.78 is 10.6. The molecule has 1 atom stereocenters. The van der Waals surface area contributed by atoms with E-state index in [2.05, 4.69) is 5.32 Å². The van der Waals surface area contributed by atoms with Gasteiger partial charge in [-0.25, -0.2) is 4.79 Å². The standard InChI is InChI=1S/C17H17NO5/c1-11(23-13-7-5-6-12(10-13)22-2)16(19)18-15-9-4-3-8-14(15)17(20)21/h3-11H,1-2H3,(H,18,19)(H,20,21). The Labute approximate surface area is 133 Å². The van der Waals surface area contributed by atoms with Crippen LogP contribution in [0.25, 0.3) is 0 Å². The van der Waals surface area contributed by atoms with Crippen LogP contribution >= 0.6 is 0 Å². The first-order valence-electron chi connectivity index (χ1n) is 6.95. The van der Waals surface area contributed by atoms with Crippen LogP contribution in [0.2, 0.25) is 0 Å². The van der Waals surface area contributed by atoms with E-state index in [9.17, 15) is 9.59 Å². The van der Waals surface area contributed by atoms with Crippen molar-refractivity contribution in [2.45, 2.75) is 13.0 Å². The Balaban J connectivity index is 2.07. The molecule has 6 nitrogen and oxygen atoms in total. The summed E-state index contributed by atoms with van der Waals surface area (Å²) in [7, 11) is 1.54. The SMILES string of the molecule is COc1cccc(OC(C)C(=O)Nc2ccccc2C(=O)O)c1. The van der Waals surface area contributed by atoms with Crippen LogP contribution in [-0.2, 0) is 4.79 Å². The van der Waals surface area contributed by atoms with E-state index in [1.807, 2.05) is 0 Å². The molecule has 2 N–H and O–H groups in total. The minimum atomic E-state index is -1.11. The van der Waals surface area contributed by atoms with Gasteiger partial charge in [-0.2, -0.15) is 0 Å². The van der Waals surface area contributed by atoms with E-state index >= 15 is 0 Å². The molecule has 120 valence electrons. The Morgan fingerprint density at radius 3 is 2.48 bits per heavy atom. The molecule has 2 rings (SSSR count). The molecule has 0 aromatic heterocycles. The predicted octanol–water partition coefficient (Wildman–Crippen LogP) is 2.80. The maximum atomic E-state index is 12.2. The molecule has 0 aliphatic carbocycles. The molecule has 0 aliphatic heterocycles. The molecule has 0 saturated carbocycles. The van der Waals surface area contributed by atoms with E-state index in [1.54, 1.807) is 43.3 Å². The predicted molar refractivity (Wildman–Crippen MR) is 85.1 cm³/mol. The van der Waals surface area contributed by atoms with Gasteiger partial charge >= 0.3 is 5.97 Å². The number of hydrogen-bond acceptors (Lipinski definition) is 4. The van der Waals surface area contributed by atoms with Gasteiger partial charge in [0.25, 0.3) is 5.91 Å². The van der Waals surface area contributed by atoms with Crippen LogP contribution in [0.15, 0.2) is 48.5 Å². The molecule has 2 aromatic carbocycles. The lowest BCUT2D eigenvalue weighted by molar-refractivity contribution is -0.122. The smallest absolute Gasteiger partial charge is 0.337 e. The summed E-state index contributed by atoms with van der Waals surface area (Å²) in [5.74, 6) is -0.450. The molecule has 0 spiro atoms. The largest absolute Gasteiger partial charge is 0.497 e. The van der Waals surface area contributed by atoms with Gasteiger partial charge in [0.2, 0.25) is 0 Å². The van der Waals surface area contributed by atoms with Crippen molar-refractivity contribution in [3.05, 3.63) is 54.1 Å². The Morgan fingerprint density at radius 1 is 1.09 bits per heavy atom. The van der Waals surface area contributed by atoms with Gasteiger partial charge in [0.15, 0.2) is 6.10 Å². The summed E-state index contributed by atoms with van der Waals surface area (Å²) in [5, 5.41) is 11.7. The van der Waals surface area contributed by atoms with Crippen LogP contribution < -0.4 is 14.8 Å². The number of methoxy groups -OCH3 is 1. The lowest BCUT2D eigenvalue weighted by Crippen LogP contribution is -2.30. The number of benzene rings is 2. The van der Waals surface area contributed by atoms with E-state index in [0.29, 0.717) is 11.5 Å². The number of anilines is 1. The monoisotopic (exact) mass is 315 g/mol. The number of rotatable bonds is 6. The number of aromatic carboxylic acids is 1. The molecule has 1 unspecified atom stereocenters. The second kappa shape index (κ2) is 7.31.